The first-order valence-electron chi connectivity index (χ1n) is 11.6. The van der Waals surface area contributed by atoms with Crippen molar-refractivity contribution in [2.75, 3.05) is 13.2 Å². The maximum absolute atomic E-state index is 12.6. The molecule has 33 heavy (non-hydrogen) atoms. The molecular formula is C25H29N3O5. The number of hydrogen-bond donors (Lipinski definition) is 1. The highest BCUT2D eigenvalue weighted by Crippen LogP contribution is 2.44. The largest absolute Gasteiger partial charge is 0.487 e. The molecule has 3 heterocycles. The van der Waals surface area contributed by atoms with E-state index in [2.05, 4.69) is 10.3 Å². The zero-order valence-electron chi connectivity index (χ0n) is 19.1. The molecule has 0 spiro atoms. The van der Waals surface area contributed by atoms with Crippen LogP contribution in [0, 0.1) is 0 Å². The Bertz CT molecular complexity index is 1240. The highest BCUT2D eigenvalue weighted by molar-refractivity contribution is 5.93. The summed E-state index contributed by atoms with van der Waals surface area (Å²) in [6.45, 7) is 5.30. The molecule has 0 fully saturated rings. The van der Waals surface area contributed by atoms with Crippen molar-refractivity contribution in [3.63, 3.8) is 0 Å². The van der Waals surface area contributed by atoms with Gasteiger partial charge >= 0.3 is 5.63 Å². The van der Waals surface area contributed by atoms with Crippen LogP contribution in [0.25, 0.3) is 11.0 Å². The van der Waals surface area contributed by atoms with E-state index in [0.29, 0.717) is 30.0 Å². The predicted octanol–water partition coefficient (Wildman–Crippen LogP) is 3.17. The van der Waals surface area contributed by atoms with Crippen LogP contribution in [-0.4, -0.2) is 34.2 Å². The second-order valence-corrected chi connectivity index (χ2v) is 9.41. The van der Waals surface area contributed by atoms with Gasteiger partial charge in [-0.3, -0.25) is 4.79 Å². The Hall–Kier alpha value is -3.29. The van der Waals surface area contributed by atoms with E-state index in [0.717, 1.165) is 60.7 Å². The van der Waals surface area contributed by atoms with Crippen molar-refractivity contribution in [2.45, 2.75) is 64.5 Å². The number of amides is 1. The monoisotopic (exact) mass is 451 g/mol. The lowest BCUT2D eigenvalue weighted by Crippen LogP contribution is -2.33. The Kier molecular flexibility index (Phi) is 5.60. The Morgan fingerprint density at radius 1 is 1.24 bits per heavy atom. The van der Waals surface area contributed by atoms with Crippen molar-refractivity contribution in [3.8, 4) is 11.5 Å². The molecule has 0 saturated carbocycles. The number of benzene rings is 1. The minimum absolute atomic E-state index is 0.115. The summed E-state index contributed by atoms with van der Waals surface area (Å²) in [5.41, 5.74) is 2.59. The lowest BCUT2D eigenvalue weighted by Gasteiger charge is -2.33. The lowest BCUT2D eigenvalue weighted by molar-refractivity contribution is -0.123. The van der Waals surface area contributed by atoms with Crippen molar-refractivity contribution in [1.82, 2.24) is 14.9 Å². The smallest absolute Gasteiger partial charge is 0.339 e. The van der Waals surface area contributed by atoms with Gasteiger partial charge in [0.2, 0.25) is 0 Å². The first-order valence-corrected chi connectivity index (χ1v) is 11.6. The van der Waals surface area contributed by atoms with E-state index in [1.807, 2.05) is 30.7 Å². The van der Waals surface area contributed by atoms with Gasteiger partial charge in [-0.2, -0.15) is 0 Å². The Morgan fingerprint density at radius 3 is 2.91 bits per heavy atom. The number of aryl methyl sites for hydroxylation is 3. The van der Waals surface area contributed by atoms with Crippen molar-refractivity contribution in [3.05, 3.63) is 51.9 Å². The number of fused-ring (bicyclic) bond motifs is 5. The van der Waals surface area contributed by atoms with Crippen LogP contribution < -0.4 is 20.4 Å². The van der Waals surface area contributed by atoms with E-state index in [1.54, 1.807) is 12.5 Å². The molecule has 2 aromatic heterocycles. The minimum Gasteiger partial charge on any atom is -0.487 e. The molecule has 0 saturated heterocycles. The van der Waals surface area contributed by atoms with Crippen LogP contribution in [0.2, 0.25) is 0 Å². The van der Waals surface area contributed by atoms with Crippen LogP contribution in [0.4, 0.5) is 0 Å². The summed E-state index contributed by atoms with van der Waals surface area (Å²) < 4.78 is 20.0. The topological polar surface area (TPSA) is 95.6 Å². The van der Waals surface area contributed by atoms with Gasteiger partial charge in [-0.05, 0) is 57.9 Å². The average molecular weight is 452 g/mol. The molecule has 5 rings (SSSR count). The van der Waals surface area contributed by atoms with Gasteiger partial charge in [0, 0.05) is 42.7 Å². The molecule has 0 unspecified atom stereocenters. The fraction of sp³-hybridized carbons (Fsp3) is 0.480. The molecule has 8 heteroatoms. The predicted molar refractivity (Wildman–Crippen MR) is 123 cm³/mol. The minimum atomic E-state index is -0.318. The van der Waals surface area contributed by atoms with Gasteiger partial charge in [0.25, 0.3) is 5.91 Å². The molecule has 1 N–H and O–H groups in total. The Morgan fingerprint density at radius 2 is 2.09 bits per heavy atom. The highest BCUT2D eigenvalue weighted by atomic mass is 16.5. The summed E-state index contributed by atoms with van der Waals surface area (Å²) in [5.74, 6) is 1.01. The summed E-state index contributed by atoms with van der Waals surface area (Å²) >= 11 is 0. The summed E-state index contributed by atoms with van der Waals surface area (Å²) in [6, 6.07) is 1.86. The van der Waals surface area contributed by atoms with Crippen LogP contribution in [0.5, 0.6) is 11.5 Å². The molecule has 174 valence electrons. The zero-order valence-corrected chi connectivity index (χ0v) is 19.1. The standard InChI is InChI=1S/C25H29N3O5/c1-25(2)8-7-18-19(33-25)13-20(22-16-5-3-6-17(16)24(30)32-23(18)22)31-14-21(29)27-9-4-11-28-12-10-26-15-28/h10,12-13,15H,3-9,11,14H2,1-2H3,(H,27,29). The summed E-state index contributed by atoms with van der Waals surface area (Å²) in [4.78, 5) is 29.1. The number of rotatable bonds is 7. The van der Waals surface area contributed by atoms with E-state index in [9.17, 15) is 9.59 Å². The molecule has 1 aliphatic heterocycles. The van der Waals surface area contributed by atoms with E-state index in [-0.39, 0.29) is 23.7 Å². The van der Waals surface area contributed by atoms with E-state index < -0.39 is 0 Å². The van der Waals surface area contributed by atoms with Gasteiger partial charge in [0.15, 0.2) is 6.61 Å². The number of carbonyl (C=O) groups excluding carboxylic acids is 1. The summed E-state index contributed by atoms with van der Waals surface area (Å²) in [5, 5.41) is 3.71. The second kappa shape index (κ2) is 8.57. The lowest BCUT2D eigenvalue weighted by atomic mass is 9.91. The maximum Gasteiger partial charge on any atom is 0.339 e. The number of carbonyl (C=O) groups is 1. The Labute approximate surface area is 191 Å². The van der Waals surface area contributed by atoms with Gasteiger partial charge in [-0.1, -0.05) is 0 Å². The number of hydrogen-bond acceptors (Lipinski definition) is 6. The maximum atomic E-state index is 12.6. The second-order valence-electron chi connectivity index (χ2n) is 9.41. The number of aromatic nitrogens is 2. The molecular weight excluding hydrogens is 422 g/mol. The third-order valence-corrected chi connectivity index (χ3v) is 6.46. The van der Waals surface area contributed by atoms with E-state index >= 15 is 0 Å². The number of imidazole rings is 1. The fourth-order valence-corrected chi connectivity index (χ4v) is 4.77. The molecule has 1 aromatic carbocycles. The van der Waals surface area contributed by atoms with Gasteiger partial charge < -0.3 is 23.8 Å². The first kappa shape index (κ1) is 21.6. The van der Waals surface area contributed by atoms with Crippen molar-refractivity contribution in [2.24, 2.45) is 0 Å². The third kappa shape index (κ3) is 4.34. The van der Waals surface area contributed by atoms with Gasteiger partial charge in [0.05, 0.1) is 11.7 Å². The normalized spacial score (nSPS) is 16.2. The first-order chi connectivity index (χ1) is 15.9. The Balaban J connectivity index is 1.37. The number of ether oxygens (including phenoxy) is 2. The van der Waals surface area contributed by atoms with Crippen molar-refractivity contribution >= 4 is 16.9 Å². The third-order valence-electron chi connectivity index (χ3n) is 6.46. The van der Waals surface area contributed by atoms with Gasteiger partial charge in [-0.15, -0.1) is 0 Å². The quantitative estimate of drug-likeness (QED) is 0.438. The van der Waals surface area contributed by atoms with Crippen molar-refractivity contribution in [1.29, 1.82) is 0 Å². The summed E-state index contributed by atoms with van der Waals surface area (Å²) in [7, 11) is 0. The molecule has 1 aliphatic carbocycles. The highest BCUT2D eigenvalue weighted by Gasteiger charge is 2.32. The average Bonchev–Trinajstić information content (AvgIpc) is 3.46. The van der Waals surface area contributed by atoms with E-state index in [1.165, 1.54) is 0 Å². The molecule has 1 amide bonds. The van der Waals surface area contributed by atoms with Crippen LogP contribution >= 0.6 is 0 Å². The van der Waals surface area contributed by atoms with Crippen LogP contribution in [0.3, 0.4) is 0 Å². The zero-order chi connectivity index (χ0) is 23.0. The van der Waals surface area contributed by atoms with Gasteiger partial charge in [0.1, 0.15) is 22.7 Å². The van der Waals surface area contributed by atoms with Crippen LogP contribution in [0.1, 0.15) is 49.8 Å². The van der Waals surface area contributed by atoms with Gasteiger partial charge in [-0.25, -0.2) is 9.78 Å². The molecule has 8 nitrogen and oxygen atoms in total. The number of nitrogens with zero attached hydrogens (tertiary/aromatic N) is 2. The molecule has 2 aliphatic rings. The molecule has 0 bridgehead atoms. The van der Waals surface area contributed by atoms with Crippen LogP contribution in [-0.2, 0) is 30.6 Å². The van der Waals surface area contributed by atoms with Crippen LogP contribution in [0.15, 0.2) is 34.0 Å². The van der Waals surface area contributed by atoms with E-state index in [4.69, 9.17) is 13.9 Å². The molecule has 0 radical (unpaired) electrons. The summed E-state index contributed by atoms with van der Waals surface area (Å²) in [6.07, 6.45) is 10.2. The van der Waals surface area contributed by atoms with Crippen molar-refractivity contribution < 1.29 is 18.7 Å². The SMILES string of the molecule is CC1(C)CCc2c(cc(OCC(=O)NCCCn3ccnc3)c3c4c(c(=O)oc23)CCC4)O1. The molecule has 3 aromatic rings. The fourth-order valence-electron chi connectivity index (χ4n) is 4.77. The number of nitrogens with one attached hydrogen (secondary N) is 1. The molecule has 0 atom stereocenters.